The topological polar surface area (TPSA) is 85.5 Å². The van der Waals surface area contributed by atoms with E-state index in [9.17, 15) is 13.2 Å². The number of aryl methyl sites for hydroxylation is 1. The van der Waals surface area contributed by atoms with E-state index < -0.39 is 17.8 Å². The molecule has 2 aromatic carbocycles. The van der Waals surface area contributed by atoms with Crippen molar-refractivity contribution in [2.45, 2.75) is 58.3 Å². The van der Waals surface area contributed by atoms with Gasteiger partial charge < -0.3 is 25.4 Å². The molecule has 1 aromatic heterocycles. The number of aromatic nitrogens is 2. The fourth-order valence-electron chi connectivity index (χ4n) is 5.10. The fourth-order valence-corrected chi connectivity index (χ4v) is 5.10. The number of alkyl halides is 3. The van der Waals surface area contributed by atoms with Gasteiger partial charge in [-0.15, -0.1) is 0 Å². The maximum Gasteiger partial charge on any atom is 0.416 e. The Morgan fingerprint density at radius 1 is 1.08 bits per heavy atom. The zero-order valence-electron chi connectivity index (χ0n) is 22.7. The Balaban J connectivity index is 1.68. The van der Waals surface area contributed by atoms with E-state index >= 15 is 0 Å². The average molecular weight is 532 g/mol. The Kier molecular flexibility index (Phi) is 7.65. The van der Waals surface area contributed by atoms with Gasteiger partial charge in [0.05, 0.1) is 30.8 Å². The van der Waals surface area contributed by atoms with Crippen LogP contribution in [0.2, 0.25) is 0 Å². The Labute approximate surface area is 221 Å². The second-order valence-electron chi connectivity index (χ2n) is 10.5. The van der Waals surface area contributed by atoms with Crippen molar-refractivity contribution in [3.8, 4) is 11.5 Å². The summed E-state index contributed by atoms with van der Waals surface area (Å²) in [7, 11) is 5.75. The van der Waals surface area contributed by atoms with Crippen molar-refractivity contribution in [2.24, 2.45) is 5.41 Å². The molecule has 1 fully saturated rings. The molecule has 1 heterocycles. The third-order valence-corrected chi connectivity index (χ3v) is 7.78. The highest BCUT2D eigenvalue weighted by molar-refractivity contribution is 5.92. The minimum Gasteiger partial charge on any atom is -0.493 e. The number of hydrogen-bond acceptors (Lipinski definition) is 7. The number of rotatable bonds is 9. The number of benzene rings is 2. The van der Waals surface area contributed by atoms with E-state index in [-0.39, 0.29) is 11.1 Å². The number of nitrogens with one attached hydrogen (secondary N) is 1. The van der Waals surface area contributed by atoms with Crippen molar-refractivity contribution in [3.05, 3.63) is 47.3 Å². The molecule has 1 aliphatic carbocycles. The smallest absolute Gasteiger partial charge is 0.416 e. The van der Waals surface area contributed by atoms with Gasteiger partial charge in [0.2, 0.25) is 0 Å². The summed E-state index contributed by atoms with van der Waals surface area (Å²) in [5.74, 6) is 2.14. The van der Waals surface area contributed by atoms with E-state index in [2.05, 4.69) is 41.2 Å². The lowest BCUT2D eigenvalue weighted by Crippen LogP contribution is -2.50. The van der Waals surface area contributed by atoms with Crippen LogP contribution in [0, 0.1) is 12.3 Å². The lowest BCUT2D eigenvalue weighted by atomic mass is 9.64. The number of fused-ring (bicyclic) bond motifs is 1. The quantitative estimate of drug-likeness (QED) is 0.317. The summed E-state index contributed by atoms with van der Waals surface area (Å²) in [4.78, 5) is 11.3. The first-order chi connectivity index (χ1) is 17.8. The molecule has 2 atom stereocenters. The molecule has 0 radical (unpaired) electrons. The SMILES string of the molecule is COc1cc2nc(C)nc(N[C@H](C)c3cc(N)cc(C(F)(F)F)c3)c2cc1OCC1([C@@H](C)N(C)C)CCC1. The summed E-state index contributed by atoms with van der Waals surface area (Å²) in [5, 5.41) is 3.95. The zero-order valence-corrected chi connectivity index (χ0v) is 22.7. The Bertz CT molecular complexity index is 1310. The summed E-state index contributed by atoms with van der Waals surface area (Å²) in [6.07, 6.45) is -1.13. The number of nitrogens with zero attached hydrogens (tertiary/aromatic N) is 3. The van der Waals surface area contributed by atoms with E-state index in [0.717, 1.165) is 25.0 Å². The van der Waals surface area contributed by atoms with Crippen molar-refractivity contribution >= 4 is 22.4 Å². The first-order valence-corrected chi connectivity index (χ1v) is 12.7. The highest BCUT2D eigenvalue weighted by Crippen LogP contribution is 2.46. The molecule has 4 rings (SSSR count). The molecule has 7 nitrogen and oxygen atoms in total. The highest BCUT2D eigenvalue weighted by atomic mass is 19.4. The molecule has 0 spiro atoms. The molecule has 0 unspecified atom stereocenters. The largest absolute Gasteiger partial charge is 0.493 e. The van der Waals surface area contributed by atoms with Gasteiger partial charge in [-0.3, -0.25) is 0 Å². The molecule has 1 aliphatic rings. The van der Waals surface area contributed by atoms with Crippen molar-refractivity contribution in [2.75, 3.05) is 38.9 Å². The van der Waals surface area contributed by atoms with Crippen LogP contribution in [0.15, 0.2) is 30.3 Å². The van der Waals surface area contributed by atoms with Crippen molar-refractivity contribution in [3.63, 3.8) is 0 Å². The predicted molar refractivity (Wildman–Crippen MR) is 144 cm³/mol. The van der Waals surface area contributed by atoms with E-state index in [4.69, 9.17) is 15.2 Å². The predicted octanol–water partition coefficient (Wildman–Crippen LogP) is 6.22. The minimum atomic E-state index is -4.49. The molecule has 0 aliphatic heterocycles. The summed E-state index contributed by atoms with van der Waals surface area (Å²) < 4.78 is 52.1. The van der Waals surface area contributed by atoms with Gasteiger partial charge in [0, 0.05) is 28.6 Å². The number of methoxy groups -OCH3 is 1. The third-order valence-electron chi connectivity index (χ3n) is 7.78. The standard InChI is InChI=1S/C28H36F3N5O2/c1-16(19-10-20(28(29,30)31)12-21(32)11-19)33-26-22-13-25(24(37-6)14-23(22)34-18(3)35-26)38-15-27(8-7-9-27)17(2)36(4)5/h10-14,16-17H,7-9,15,32H2,1-6H3,(H,33,34,35)/t16-,17-/m1/s1. The van der Waals surface area contributed by atoms with Gasteiger partial charge in [0.1, 0.15) is 11.6 Å². The van der Waals surface area contributed by atoms with Crippen molar-refractivity contribution in [1.29, 1.82) is 0 Å². The number of ether oxygens (including phenoxy) is 2. The number of nitrogen functional groups attached to an aromatic ring is 1. The van der Waals surface area contributed by atoms with Gasteiger partial charge in [0.25, 0.3) is 0 Å². The van der Waals surface area contributed by atoms with E-state index in [1.807, 2.05) is 6.07 Å². The molecule has 0 amide bonds. The first-order valence-electron chi connectivity index (χ1n) is 12.7. The van der Waals surface area contributed by atoms with Crippen molar-refractivity contribution < 1.29 is 22.6 Å². The molecule has 3 aromatic rings. The number of anilines is 2. The van der Waals surface area contributed by atoms with Crippen LogP contribution in [-0.4, -0.2) is 48.7 Å². The van der Waals surface area contributed by atoms with Crippen LogP contribution >= 0.6 is 0 Å². The second kappa shape index (κ2) is 10.5. The zero-order chi connectivity index (χ0) is 27.8. The Morgan fingerprint density at radius 3 is 2.37 bits per heavy atom. The number of halogens is 3. The van der Waals surface area contributed by atoms with E-state index in [1.54, 1.807) is 27.0 Å². The molecule has 0 bridgehead atoms. The molecular weight excluding hydrogens is 495 g/mol. The molecule has 10 heteroatoms. The normalized spacial score (nSPS) is 16.7. The van der Waals surface area contributed by atoms with Gasteiger partial charge in [-0.2, -0.15) is 13.2 Å². The van der Waals surface area contributed by atoms with Gasteiger partial charge in [-0.05, 0) is 77.5 Å². The van der Waals surface area contributed by atoms with Gasteiger partial charge in [0.15, 0.2) is 11.5 Å². The lowest BCUT2D eigenvalue weighted by Gasteiger charge is -2.48. The summed E-state index contributed by atoms with van der Waals surface area (Å²) in [6.45, 7) is 6.30. The Hall–Kier alpha value is -3.27. The van der Waals surface area contributed by atoms with Crippen LogP contribution < -0.4 is 20.5 Å². The van der Waals surface area contributed by atoms with Crippen LogP contribution in [-0.2, 0) is 6.18 Å². The van der Waals surface area contributed by atoms with Gasteiger partial charge >= 0.3 is 6.18 Å². The lowest BCUT2D eigenvalue weighted by molar-refractivity contribution is -0.137. The van der Waals surface area contributed by atoms with Crippen LogP contribution in [0.25, 0.3) is 10.9 Å². The van der Waals surface area contributed by atoms with Crippen LogP contribution in [0.5, 0.6) is 11.5 Å². The van der Waals surface area contributed by atoms with Crippen LogP contribution in [0.1, 0.15) is 56.1 Å². The number of nitrogens with two attached hydrogens (primary N) is 1. The monoisotopic (exact) mass is 531 g/mol. The number of hydrogen-bond donors (Lipinski definition) is 2. The maximum absolute atomic E-state index is 13.4. The van der Waals surface area contributed by atoms with Gasteiger partial charge in [-0.1, -0.05) is 6.42 Å². The molecular formula is C28H36F3N5O2. The highest BCUT2D eigenvalue weighted by Gasteiger charge is 2.44. The molecule has 3 N–H and O–H groups in total. The van der Waals surface area contributed by atoms with Crippen LogP contribution in [0.3, 0.4) is 0 Å². The Morgan fingerprint density at radius 2 is 1.79 bits per heavy atom. The summed E-state index contributed by atoms with van der Waals surface area (Å²) >= 11 is 0. The van der Waals surface area contributed by atoms with E-state index in [0.29, 0.717) is 52.3 Å². The molecule has 1 saturated carbocycles. The van der Waals surface area contributed by atoms with Crippen LogP contribution in [0.4, 0.5) is 24.7 Å². The molecule has 206 valence electrons. The second-order valence-corrected chi connectivity index (χ2v) is 10.5. The van der Waals surface area contributed by atoms with E-state index in [1.165, 1.54) is 12.5 Å². The summed E-state index contributed by atoms with van der Waals surface area (Å²) in [5.41, 5.74) is 6.15. The first kappa shape index (κ1) is 27.8. The molecule has 0 saturated heterocycles. The minimum absolute atomic E-state index is 0.0458. The average Bonchev–Trinajstić information content (AvgIpc) is 2.81. The fraction of sp³-hybridized carbons (Fsp3) is 0.500. The maximum atomic E-state index is 13.4. The van der Waals surface area contributed by atoms with Gasteiger partial charge in [-0.25, -0.2) is 9.97 Å². The summed E-state index contributed by atoms with van der Waals surface area (Å²) in [6, 6.07) is 7.06. The third kappa shape index (κ3) is 5.60. The molecule has 38 heavy (non-hydrogen) atoms. The van der Waals surface area contributed by atoms with Crippen molar-refractivity contribution in [1.82, 2.24) is 14.9 Å².